The van der Waals surface area contributed by atoms with E-state index in [-0.39, 0.29) is 41.1 Å². The summed E-state index contributed by atoms with van der Waals surface area (Å²) in [6.45, 7) is 0.321. The SMILES string of the molecule is COC(=O)c1sccc1S(=O)(=O)N1C[C@@H]2C[C@H]1C(=O)N2C[C@H](NC(=O)CC1CCCC1)C(=O)N1CCC[C@H]1C#N. The van der Waals surface area contributed by atoms with Crippen LogP contribution in [0.15, 0.2) is 16.3 Å². The highest BCUT2D eigenvalue weighted by Crippen LogP contribution is 2.38. The lowest BCUT2D eigenvalue weighted by molar-refractivity contribution is -0.140. The molecule has 4 atom stereocenters. The summed E-state index contributed by atoms with van der Waals surface area (Å²) in [4.78, 5) is 54.8. The summed E-state index contributed by atoms with van der Waals surface area (Å²) in [7, 11) is -2.99. The van der Waals surface area contributed by atoms with Crippen molar-refractivity contribution in [3.05, 3.63) is 16.3 Å². The molecule has 1 saturated carbocycles. The average Bonchev–Trinajstić information content (AvgIpc) is 3.76. The van der Waals surface area contributed by atoms with Crippen molar-refractivity contribution in [3.63, 3.8) is 0 Å². The Morgan fingerprint density at radius 1 is 1.23 bits per heavy atom. The molecule has 0 aromatic carbocycles. The molecule has 0 unspecified atom stereocenters. The Morgan fingerprint density at radius 3 is 2.65 bits per heavy atom. The number of amides is 3. The highest BCUT2D eigenvalue weighted by Gasteiger charge is 2.55. The summed E-state index contributed by atoms with van der Waals surface area (Å²) >= 11 is 0.951. The van der Waals surface area contributed by atoms with E-state index in [1.54, 1.807) is 0 Å². The van der Waals surface area contributed by atoms with Crippen molar-refractivity contribution >= 4 is 45.1 Å². The number of carbonyl (C=O) groups is 4. The number of ether oxygens (including phenoxy) is 1. The van der Waals surface area contributed by atoms with Gasteiger partial charge in [-0.2, -0.15) is 9.57 Å². The number of nitriles is 1. The number of likely N-dealkylation sites (tertiary alicyclic amines) is 2. The monoisotopic (exact) mass is 591 g/mol. The first-order valence-electron chi connectivity index (χ1n) is 13.6. The number of carbonyl (C=O) groups excluding carboxylic acids is 4. The van der Waals surface area contributed by atoms with E-state index in [0.29, 0.717) is 25.8 Å². The maximum absolute atomic E-state index is 13.6. The van der Waals surface area contributed by atoms with Gasteiger partial charge in [-0.3, -0.25) is 14.4 Å². The van der Waals surface area contributed by atoms with E-state index in [1.165, 1.54) is 28.4 Å². The predicted molar refractivity (Wildman–Crippen MR) is 142 cm³/mol. The molecule has 3 amide bonds. The quantitative estimate of drug-likeness (QED) is 0.418. The van der Waals surface area contributed by atoms with Gasteiger partial charge in [0, 0.05) is 25.6 Å². The summed E-state index contributed by atoms with van der Waals surface area (Å²) in [5.41, 5.74) is 0. The number of methoxy groups -OCH3 is 1. The van der Waals surface area contributed by atoms with Crippen molar-refractivity contribution in [1.29, 1.82) is 5.26 Å². The van der Waals surface area contributed by atoms with Crippen LogP contribution in [0.25, 0.3) is 0 Å². The molecule has 3 saturated heterocycles. The molecule has 4 aliphatic rings. The van der Waals surface area contributed by atoms with Gasteiger partial charge in [-0.15, -0.1) is 11.3 Å². The van der Waals surface area contributed by atoms with Gasteiger partial charge in [0.25, 0.3) is 0 Å². The summed E-state index contributed by atoms with van der Waals surface area (Å²) < 4.78 is 32.8. The molecule has 14 heteroatoms. The second kappa shape index (κ2) is 11.5. The molecule has 216 valence electrons. The fourth-order valence-corrected chi connectivity index (χ4v) is 9.40. The molecule has 1 N–H and O–H groups in total. The largest absolute Gasteiger partial charge is 0.465 e. The molecule has 0 spiro atoms. The number of fused-ring (bicyclic) bond motifs is 2. The molecule has 3 aliphatic heterocycles. The fraction of sp³-hybridized carbons (Fsp3) is 0.654. The Bertz CT molecular complexity index is 1330. The van der Waals surface area contributed by atoms with Gasteiger partial charge < -0.3 is 19.9 Å². The number of hydrogen-bond acceptors (Lipinski definition) is 9. The molecule has 0 radical (unpaired) electrons. The Kier molecular flexibility index (Phi) is 8.17. The normalized spacial score (nSPS) is 25.8. The molecular weight excluding hydrogens is 558 g/mol. The molecule has 1 aromatic heterocycles. The van der Waals surface area contributed by atoms with Crippen LogP contribution in [0.1, 0.15) is 61.0 Å². The summed E-state index contributed by atoms with van der Waals surface area (Å²) in [6, 6.07) is 0.416. The number of piperazine rings is 1. The lowest BCUT2D eigenvalue weighted by atomic mass is 10.0. The van der Waals surface area contributed by atoms with Gasteiger partial charge in [0.2, 0.25) is 27.7 Å². The van der Waals surface area contributed by atoms with Crippen molar-refractivity contribution in [2.24, 2.45) is 5.92 Å². The Morgan fingerprint density at radius 2 is 1.98 bits per heavy atom. The van der Waals surface area contributed by atoms with Crippen molar-refractivity contribution < 1.29 is 32.3 Å². The number of nitrogens with one attached hydrogen (secondary N) is 1. The van der Waals surface area contributed by atoms with Crippen LogP contribution in [0.2, 0.25) is 0 Å². The van der Waals surface area contributed by atoms with Gasteiger partial charge in [-0.25, -0.2) is 13.2 Å². The van der Waals surface area contributed by atoms with Gasteiger partial charge in [0.15, 0.2) is 0 Å². The van der Waals surface area contributed by atoms with Crippen molar-refractivity contribution in [2.45, 2.75) is 80.4 Å². The lowest BCUT2D eigenvalue weighted by Gasteiger charge is -2.36. The number of rotatable bonds is 9. The molecular formula is C26H33N5O7S2. The van der Waals surface area contributed by atoms with Crippen LogP contribution < -0.4 is 5.32 Å². The third-order valence-electron chi connectivity index (χ3n) is 8.48. The Labute approximate surface area is 237 Å². The van der Waals surface area contributed by atoms with Crippen LogP contribution in [-0.4, -0.2) is 97.1 Å². The van der Waals surface area contributed by atoms with E-state index in [4.69, 9.17) is 4.74 Å². The maximum Gasteiger partial charge on any atom is 0.349 e. The number of sulfonamides is 1. The zero-order chi connectivity index (χ0) is 28.6. The van der Waals surface area contributed by atoms with Gasteiger partial charge in [-0.05, 0) is 49.5 Å². The van der Waals surface area contributed by atoms with Gasteiger partial charge >= 0.3 is 5.97 Å². The predicted octanol–water partition coefficient (Wildman–Crippen LogP) is 1.09. The molecule has 4 fully saturated rings. The lowest BCUT2D eigenvalue weighted by Crippen LogP contribution is -2.59. The number of hydrogen-bond donors (Lipinski definition) is 1. The number of nitrogens with zero attached hydrogens (tertiary/aromatic N) is 4. The zero-order valence-corrected chi connectivity index (χ0v) is 23.9. The molecule has 1 aromatic rings. The first-order chi connectivity index (χ1) is 19.1. The van der Waals surface area contributed by atoms with Crippen LogP contribution in [-0.2, 0) is 29.1 Å². The number of esters is 1. The minimum absolute atomic E-state index is 0.0106. The average molecular weight is 592 g/mol. The third kappa shape index (κ3) is 5.22. The van der Waals surface area contributed by atoms with E-state index >= 15 is 0 Å². The number of thiophene rings is 1. The van der Waals surface area contributed by atoms with Crippen LogP contribution in [0.3, 0.4) is 0 Å². The molecule has 4 heterocycles. The molecule has 5 rings (SSSR count). The topological polar surface area (TPSA) is 157 Å². The van der Waals surface area contributed by atoms with E-state index in [9.17, 15) is 32.9 Å². The van der Waals surface area contributed by atoms with E-state index < -0.39 is 52.0 Å². The van der Waals surface area contributed by atoms with Gasteiger partial charge in [0.1, 0.15) is 27.9 Å². The smallest absolute Gasteiger partial charge is 0.349 e. The first kappa shape index (κ1) is 28.5. The van der Waals surface area contributed by atoms with Crippen molar-refractivity contribution in [1.82, 2.24) is 19.4 Å². The maximum atomic E-state index is 13.6. The van der Waals surface area contributed by atoms with Crippen LogP contribution in [0, 0.1) is 17.2 Å². The highest BCUT2D eigenvalue weighted by atomic mass is 32.2. The van der Waals surface area contributed by atoms with E-state index in [2.05, 4.69) is 11.4 Å². The fourth-order valence-electron chi connectivity index (χ4n) is 6.46. The molecule has 40 heavy (non-hydrogen) atoms. The first-order valence-corrected chi connectivity index (χ1v) is 15.9. The minimum atomic E-state index is -4.15. The molecule has 1 aliphatic carbocycles. The van der Waals surface area contributed by atoms with E-state index in [0.717, 1.165) is 41.3 Å². The Balaban J connectivity index is 1.32. The highest BCUT2D eigenvalue weighted by molar-refractivity contribution is 7.89. The second-order valence-corrected chi connectivity index (χ2v) is 13.6. The van der Waals surface area contributed by atoms with Gasteiger partial charge in [-0.1, -0.05) is 12.8 Å². The standard InChI is InChI=1S/C26H33N5O7S2/c1-38-26(35)23-21(8-10-39-23)40(36,37)31-14-18-12-20(31)25(34)30(18)15-19(24(33)29-9-4-7-17(29)13-27)28-22(32)11-16-5-2-3-6-16/h8,10,16-20H,2-7,9,11-12,14-15H2,1H3,(H,28,32)/t17-,18-,19-,20-/m0/s1. The van der Waals surface area contributed by atoms with Crippen molar-refractivity contribution in [2.75, 3.05) is 26.7 Å². The summed E-state index contributed by atoms with van der Waals surface area (Å²) in [5.74, 6) is -1.60. The zero-order valence-electron chi connectivity index (χ0n) is 22.3. The third-order valence-corrected chi connectivity index (χ3v) is 11.4. The van der Waals surface area contributed by atoms with E-state index in [1.807, 2.05) is 0 Å². The summed E-state index contributed by atoms with van der Waals surface area (Å²) in [5, 5.41) is 13.8. The molecule has 2 bridgehead atoms. The summed E-state index contributed by atoms with van der Waals surface area (Å²) in [6.07, 6.45) is 5.89. The minimum Gasteiger partial charge on any atom is -0.465 e. The second-order valence-electron chi connectivity index (χ2n) is 10.9. The molecule has 12 nitrogen and oxygen atoms in total. The van der Waals surface area contributed by atoms with Gasteiger partial charge in [0.05, 0.1) is 19.7 Å². The Hall–Kier alpha value is -3.02. The van der Waals surface area contributed by atoms with Crippen molar-refractivity contribution in [3.8, 4) is 6.07 Å². The van der Waals surface area contributed by atoms with Crippen LogP contribution in [0.5, 0.6) is 0 Å². The van der Waals surface area contributed by atoms with Crippen LogP contribution >= 0.6 is 11.3 Å². The van der Waals surface area contributed by atoms with Crippen LogP contribution in [0.4, 0.5) is 0 Å².